The predicted molar refractivity (Wildman–Crippen MR) is 72.3 cm³/mol. The Morgan fingerprint density at radius 3 is 2.95 bits per heavy atom. The van der Waals surface area contributed by atoms with Crippen molar-refractivity contribution in [2.24, 2.45) is 0 Å². The molecule has 108 valence electrons. The van der Waals surface area contributed by atoms with Gasteiger partial charge in [0.2, 0.25) is 5.91 Å². The van der Waals surface area contributed by atoms with E-state index in [0.717, 1.165) is 12.5 Å². The van der Waals surface area contributed by atoms with Crippen LogP contribution < -0.4 is 5.32 Å². The van der Waals surface area contributed by atoms with Gasteiger partial charge in [-0.15, -0.1) is 0 Å². The second kappa shape index (κ2) is 6.19. The van der Waals surface area contributed by atoms with E-state index in [4.69, 9.17) is 16.7 Å². The molecule has 1 aromatic rings. The van der Waals surface area contributed by atoms with Gasteiger partial charge in [-0.25, -0.2) is 4.39 Å². The fourth-order valence-corrected chi connectivity index (χ4v) is 2.43. The van der Waals surface area contributed by atoms with Crippen LogP contribution in [0.1, 0.15) is 12.8 Å². The average Bonchev–Trinajstić information content (AvgIpc) is 2.82. The van der Waals surface area contributed by atoms with E-state index in [1.807, 2.05) is 0 Å². The molecule has 0 saturated carbocycles. The summed E-state index contributed by atoms with van der Waals surface area (Å²) in [4.78, 5) is 24.4. The molecule has 1 saturated heterocycles. The Bertz CT molecular complexity index is 538. The Hall–Kier alpha value is -1.66. The van der Waals surface area contributed by atoms with E-state index in [0.29, 0.717) is 18.0 Å². The van der Waals surface area contributed by atoms with E-state index in [9.17, 15) is 14.0 Å². The summed E-state index contributed by atoms with van der Waals surface area (Å²) in [6.45, 7) is 0.464. The highest BCUT2D eigenvalue weighted by Gasteiger charge is 2.31. The molecule has 7 heteroatoms. The highest BCUT2D eigenvalue weighted by molar-refractivity contribution is 6.30. The van der Waals surface area contributed by atoms with E-state index in [-0.39, 0.29) is 12.2 Å². The Morgan fingerprint density at radius 1 is 1.50 bits per heavy atom. The minimum absolute atomic E-state index is 0.00595. The minimum Gasteiger partial charge on any atom is -0.480 e. The SMILES string of the molecule is O=C(CN1CCC[C@H]1C(=O)O)Nc1cc(Cl)ccc1F. The smallest absolute Gasteiger partial charge is 0.320 e. The van der Waals surface area contributed by atoms with Crippen molar-refractivity contribution in [2.45, 2.75) is 18.9 Å². The molecule has 2 rings (SSSR count). The third-order valence-electron chi connectivity index (χ3n) is 3.20. The first kappa shape index (κ1) is 14.7. The van der Waals surface area contributed by atoms with Gasteiger partial charge in [0.15, 0.2) is 0 Å². The van der Waals surface area contributed by atoms with Crippen molar-refractivity contribution >= 4 is 29.2 Å². The molecule has 1 aromatic carbocycles. The van der Waals surface area contributed by atoms with Crippen LogP contribution in [0, 0.1) is 5.82 Å². The molecule has 2 N–H and O–H groups in total. The number of carboxylic acid groups (broad SMARTS) is 1. The summed E-state index contributed by atoms with van der Waals surface area (Å²) in [6.07, 6.45) is 1.25. The van der Waals surface area contributed by atoms with Gasteiger partial charge in [0.05, 0.1) is 12.2 Å². The number of carbonyl (C=O) groups is 2. The summed E-state index contributed by atoms with van der Waals surface area (Å²) in [5.74, 6) is -1.98. The molecule has 1 fully saturated rings. The van der Waals surface area contributed by atoms with Crippen LogP contribution in [0.4, 0.5) is 10.1 Å². The van der Waals surface area contributed by atoms with Gasteiger partial charge < -0.3 is 10.4 Å². The number of aliphatic carboxylic acids is 1. The van der Waals surface area contributed by atoms with Gasteiger partial charge >= 0.3 is 5.97 Å². The zero-order valence-electron chi connectivity index (χ0n) is 10.6. The number of carbonyl (C=O) groups excluding carboxylic acids is 1. The van der Waals surface area contributed by atoms with E-state index in [1.165, 1.54) is 12.1 Å². The van der Waals surface area contributed by atoms with Crippen molar-refractivity contribution < 1.29 is 19.1 Å². The molecule has 1 heterocycles. The molecule has 0 spiro atoms. The molecule has 5 nitrogen and oxygen atoms in total. The molecule has 0 aromatic heterocycles. The number of hydrogen-bond donors (Lipinski definition) is 2. The van der Waals surface area contributed by atoms with Crippen molar-refractivity contribution in [3.63, 3.8) is 0 Å². The van der Waals surface area contributed by atoms with Crippen molar-refractivity contribution in [3.05, 3.63) is 29.0 Å². The van der Waals surface area contributed by atoms with Gasteiger partial charge in [0, 0.05) is 5.02 Å². The van der Waals surface area contributed by atoms with E-state index < -0.39 is 23.7 Å². The van der Waals surface area contributed by atoms with Gasteiger partial charge in [-0.2, -0.15) is 0 Å². The summed E-state index contributed by atoms with van der Waals surface area (Å²) < 4.78 is 13.5. The van der Waals surface area contributed by atoms with Crippen LogP contribution in [0.25, 0.3) is 0 Å². The lowest BCUT2D eigenvalue weighted by atomic mass is 10.2. The zero-order valence-corrected chi connectivity index (χ0v) is 11.4. The summed E-state index contributed by atoms with van der Waals surface area (Å²) in [5.41, 5.74) is -0.00595. The molecule has 1 aliphatic heterocycles. The Labute approximate surface area is 120 Å². The van der Waals surface area contributed by atoms with Gasteiger partial charge in [0.25, 0.3) is 0 Å². The van der Waals surface area contributed by atoms with Crippen molar-refractivity contribution in [1.82, 2.24) is 4.90 Å². The fourth-order valence-electron chi connectivity index (χ4n) is 2.26. The van der Waals surface area contributed by atoms with Crippen LogP contribution in [-0.2, 0) is 9.59 Å². The molecular weight excluding hydrogens is 287 g/mol. The van der Waals surface area contributed by atoms with E-state index in [1.54, 1.807) is 4.90 Å². The Balaban J connectivity index is 1.99. The zero-order chi connectivity index (χ0) is 14.7. The minimum atomic E-state index is -0.941. The first-order valence-electron chi connectivity index (χ1n) is 6.19. The average molecular weight is 301 g/mol. The van der Waals surface area contributed by atoms with Crippen molar-refractivity contribution in [2.75, 3.05) is 18.4 Å². The fraction of sp³-hybridized carbons (Fsp3) is 0.385. The number of nitrogens with one attached hydrogen (secondary N) is 1. The lowest BCUT2D eigenvalue weighted by Gasteiger charge is -2.20. The van der Waals surface area contributed by atoms with Crippen LogP contribution in [0.15, 0.2) is 18.2 Å². The summed E-state index contributed by atoms with van der Waals surface area (Å²) in [6, 6.07) is 3.21. The number of hydrogen-bond acceptors (Lipinski definition) is 3. The summed E-state index contributed by atoms with van der Waals surface area (Å²) in [7, 11) is 0. The number of halogens is 2. The van der Waals surface area contributed by atoms with E-state index in [2.05, 4.69) is 5.32 Å². The molecule has 1 amide bonds. The van der Waals surface area contributed by atoms with E-state index >= 15 is 0 Å². The first-order valence-corrected chi connectivity index (χ1v) is 6.57. The number of carboxylic acids is 1. The molecule has 20 heavy (non-hydrogen) atoms. The first-order chi connectivity index (χ1) is 9.47. The van der Waals surface area contributed by atoms with Gasteiger partial charge in [-0.3, -0.25) is 14.5 Å². The van der Waals surface area contributed by atoms with Crippen LogP contribution in [0.5, 0.6) is 0 Å². The van der Waals surface area contributed by atoms with Crippen LogP contribution in [0.3, 0.4) is 0 Å². The molecule has 0 unspecified atom stereocenters. The lowest BCUT2D eigenvalue weighted by molar-refractivity contribution is -0.142. The number of benzene rings is 1. The lowest BCUT2D eigenvalue weighted by Crippen LogP contribution is -2.41. The van der Waals surface area contributed by atoms with Gasteiger partial charge in [-0.05, 0) is 37.6 Å². The maximum atomic E-state index is 13.5. The molecule has 0 bridgehead atoms. The highest BCUT2D eigenvalue weighted by atomic mass is 35.5. The highest BCUT2D eigenvalue weighted by Crippen LogP contribution is 2.20. The normalized spacial score (nSPS) is 19.0. The largest absolute Gasteiger partial charge is 0.480 e. The monoisotopic (exact) mass is 300 g/mol. The van der Waals surface area contributed by atoms with Crippen molar-refractivity contribution in [3.8, 4) is 0 Å². The number of likely N-dealkylation sites (tertiary alicyclic amines) is 1. The van der Waals surface area contributed by atoms with Crippen molar-refractivity contribution in [1.29, 1.82) is 0 Å². The second-order valence-electron chi connectivity index (χ2n) is 4.64. The summed E-state index contributed by atoms with van der Waals surface area (Å²) >= 11 is 5.73. The number of amides is 1. The topological polar surface area (TPSA) is 69.6 Å². The molecule has 1 atom stereocenters. The molecular formula is C13H14ClFN2O3. The number of anilines is 1. The quantitative estimate of drug-likeness (QED) is 0.892. The van der Waals surface area contributed by atoms with Gasteiger partial charge in [-0.1, -0.05) is 11.6 Å². The predicted octanol–water partition coefficient (Wildman–Crippen LogP) is 1.97. The van der Waals surface area contributed by atoms with Crippen LogP contribution >= 0.6 is 11.6 Å². The van der Waals surface area contributed by atoms with Crippen LogP contribution in [-0.4, -0.2) is 41.0 Å². The third kappa shape index (κ3) is 3.46. The van der Waals surface area contributed by atoms with Crippen LogP contribution in [0.2, 0.25) is 5.02 Å². The Kier molecular flexibility index (Phi) is 4.57. The molecule has 0 aliphatic carbocycles. The molecule has 0 radical (unpaired) electrons. The molecule has 1 aliphatic rings. The maximum Gasteiger partial charge on any atom is 0.320 e. The van der Waals surface area contributed by atoms with Gasteiger partial charge in [0.1, 0.15) is 11.9 Å². The number of rotatable bonds is 4. The standard InChI is InChI=1S/C13H14ClFN2O3/c14-8-3-4-9(15)10(6-8)16-12(18)7-17-5-1-2-11(17)13(19)20/h3-4,6,11H,1-2,5,7H2,(H,16,18)(H,19,20)/t11-/m0/s1. The summed E-state index contributed by atoms with van der Waals surface area (Å²) in [5, 5.41) is 11.7. The maximum absolute atomic E-state index is 13.5. The Morgan fingerprint density at radius 2 is 2.25 bits per heavy atom. The third-order valence-corrected chi connectivity index (χ3v) is 3.43. The second-order valence-corrected chi connectivity index (χ2v) is 5.08. The number of nitrogens with zero attached hydrogens (tertiary/aromatic N) is 1.